The van der Waals surface area contributed by atoms with Crippen LogP contribution >= 0.6 is 11.6 Å². The number of hydrogen-bond donors (Lipinski definition) is 1. The minimum absolute atomic E-state index is 0.0809. The van der Waals surface area contributed by atoms with Crippen molar-refractivity contribution >= 4 is 27.5 Å². The van der Waals surface area contributed by atoms with E-state index >= 15 is 0 Å². The Morgan fingerprint density at radius 3 is 2.48 bits per heavy atom. The number of benzene rings is 2. The molecule has 6 nitrogen and oxygen atoms in total. The van der Waals surface area contributed by atoms with Gasteiger partial charge in [-0.2, -0.15) is 0 Å². The van der Waals surface area contributed by atoms with E-state index in [1.165, 1.54) is 22.7 Å². The molecule has 2 aliphatic rings. The zero-order valence-corrected chi connectivity index (χ0v) is 20.5. The Morgan fingerprint density at radius 2 is 1.70 bits per heavy atom. The molecule has 2 aromatic rings. The highest BCUT2D eigenvalue weighted by Crippen LogP contribution is 2.23. The minimum Gasteiger partial charge on any atom is -0.352 e. The average Bonchev–Trinajstić information content (AvgIpc) is 3.30. The van der Waals surface area contributed by atoms with Gasteiger partial charge in [-0.25, -0.2) is 12.7 Å². The third-order valence-electron chi connectivity index (χ3n) is 6.45. The van der Waals surface area contributed by atoms with Crippen molar-refractivity contribution in [3.8, 4) is 0 Å². The Hall–Kier alpha value is -1.93. The molecule has 2 saturated heterocycles. The Balaban J connectivity index is 1.31. The molecule has 1 atom stereocenters. The number of carbonyl (C=O) groups is 1. The second kappa shape index (κ2) is 11.0. The number of sulfonamides is 1. The predicted molar refractivity (Wildman–Crippen MR) is 131 cm³/mol. The quantitative estimate of drug-likeness (QED) is 0.612. The zero-order chi connectivity index (χ0) is 23.3. The van der Waals surface area contributed by atoms with Crippen molar-refractivity contribution in [2.24, 2.45) is 5.92 Å². The van der Waals surface area contributed by atoms with E-state index in [1.54, 1.807) is 24.3 Å². The van der Waals surface area contributed by atoms with Gasteiger partial charge < -0.3 is 5.32 Å². The van der Waals surface area contributed by atoms with Crippen LogP contribution in [0.4, 0.5) is 0 Å². The van der Waals surface area contributed by atoms with Crippen molar-refractivity contribution in [2.75, 3.05) is 26.2 Å². The molecule has 0 spiro atoms. The molecule has 8 heteroatoms. The van der Waals surface area contributed by atoms with Crippen LogP contribution in [0.2, 0.25) is 5.02 Å². The number of nitrogens with zero attached hydrogens (tertiary/aromatic N) is 2. The number of likely N-dealkylation sites (tertiary alicyclic amines) is 1. The first kappa shape index (κ1) is 24.2. The van der Waals surface area contributed by atoms with Gasteiger partial charge in [0.05, 0.1) is 11.7 Å². The number of carbonyl (C=O) groups excluding carboxylic acids is 1. The summed E-state index contributed by atoms with van der Waals surface area (Å²) in [6.45, 7) is 4.38. The summed E-state index contributed by atoms with van der Waals surface area (Å²) in [6, 6.07) is 15.3. The van der Waals surface area contributed by atoms with E-state index in [-0.39, 0.29) is 24.1 Å². The predicted octanol–water partition coefficient (Wildman–Crippen LogP) is 3.79. The molecule has 0 bridgehead atoms. The lowest BCUT2D eigenvalue weighted by Gasteiger charge is -2.31. The van der Waals surface area contributed by atoms with Gasteiger partial charge in [0.1, 0.15) is 0 Å². The number of halogens is 1. The second-order valence-electron chi connectivity index (χ2n) is 9.10. The van der Waals surface area contributed by atoms with Crippen LogP contribution in [0.1, 0.15) is 42.4 Å². The van der Waals surface area contributed by atoms with Crippen LogP contribution in [-0.4, -0.2) is 49.7 Å². The van der Waals surface area contributed by atoms with Crippen molar-refractivity contribution in [3.05, 3.63) is 70.2 Å². The van der Waals surface area contributed by atoms with E-state index < -0.39 is 10.0 Å². The summed E-state index contributed by atoms with van der Waals surface area (Å²) in [6.07, 6.45) is 3.91. The normalized spacial score (nSPS) is 20.1. The molecule has 0 saturated carbocycles. The third kappa shape index (κ3) is 6.79. The maximum Gasteiger partial charge on any atom is 0.224 e. The van der Waals surface area contributed by atoms with Crippen molar-refractivity contribution < 1.29 is 13.2 Å². The Morgan fingerprint density at radius 1 is 0.970 bits per heavy atom. The van der Waals surface area contributed by atoms with Crippen LogP contribution in [0.25, 0.3) is 0 Å². The van der Waals surface area contributed by atoms with E-state index in [9.17, 15) is 13.2 Å². The molecule has 33 heavy (non-hydrogen) atoms. The number of amides is 1. The lowest BCUT2D eigenvalue weighted by atomic mass is 9.98. The van der Waals surface area contributed by atoms with Crippen LogP contribution in [0, 0.1) is 5.92 Å². The van der Waals surface area contributed by atoms with Crippen LogP contribution < -0.4 is 5.32 Å². The molecule has 2 fully saturated rings. The Labute approximate surface area is 202 Å². The summed E-state index contributed by atoms with van der Waals surface area (Å²) in [5.41, 5.74) is 2.99. The Bertz CT molecular complexity index is 1070. The van der Waals surface area contributed by atoms with Crippen molar-refractivity contribution in [2.45, 2.75) is 44.5 Å². The standard InChI is InChI=1S/C25H32ClN3O3S/c26-24-10-4-8-22(15-24)19-33(31,32)29-13-5-9-23(18-29)25(30)27-16-20-6-3-7-21(14-20)17-28-11-1-2-12-28/h3-4,6-8,10,14-15,23H,1-2,5,9,11-13,16-19H2,(H,27,30)/t23-/m1/s1. The van der Waals surface area contributed by atoms with E-state index in [2.05, 4.69) is 22.3 Å². The molecule has 1 N–H and O–H groups in total. The van der Waals surface area contributed by atoms with Gasteiger partial charge >= 0.3 is 0 Å². The SMILES string of the molecule is O=C(NCc1cccc(CN2CCCC2)c1)[C@@H]1CCCN(S(=O)(=O)Cc2cccc(Cl)c2)C1. The molecule has 0 unspecified atom stereocenters. The van der Waals surface area contributed by atoms with E-state index in [1.807, 2.05) is 12.1 Å². The van der Waals surface area contributed by atoms with Crippen LogP contribution in [0.15, 0.2) is 48.5 Å². The monoisotopic (exact) mass is 489 g/mol. The molecule has 0 aliphatic carbocycles. The molecule has 178 valence electrons. The maximum atomic E-state index is 12.9. The number of hydrogen-bond acceptors (Lipinski definition) is 4. The summed E-state index contributed by atoms with van der Waals surface area (Å²) in [5.74, 6) is -0.519. The molecule has 1 amide bonds. The van der Waals surface area contributed by atoms with Crippen molar-refractivity contribution in [1.82, 2.24) is 14.5 Å². The molecular weight excluding hydrogens is 458 g/mol. The van der Waals surface area contributed by atoms with Crippen molar-refractivity contribution in [1.29, 1.82) is 0 Å². The molecular formula is C25H32ClN3O3S. The van der Waals surface area contributed by atoms with Crippen LogP contribution in [-0.2, 0) is 33.7 Å². The molecule has 4 rings (SSSR count). The fourth-order valence-electron chi connectivity index (χ4n) is 4.71. The van der Waals surface area contributed by atoms with Crippen molar-refractivity contribution in [3.63, 3.8) is 0 Å². The summed E-state index contributed by atoms with van der Waals surface area (Å²) < 4.78 is 27.3. The number of piperidine rings is 1. The number of nitrogens with one attached hydrogen (secondary N) is 1. The highest BCUT2D eigenvalue weighted by Gasteiger charge is 2.32. The highest BCUT2D eigenvalue weighted by molar-refractivity contribution is 7.88. The summed E-state index contributed by atoms with van der Waals surface area (Å²) >= 11 is 6.00. The van der Waals surface area contributed by atoms with Gasteiger partial charge in [-0.05, 0) is 67.6 Å². The zero-order valence-electron chi connectivity index (χ0n) is 18.9. The maximum absolute atomic E-state index is 12.9. The van der Waals surface area contributed by atoms with Crippen LogP contribution in [0.3, 0.4) is 0 Å². The molecule has 0 radical (unpaired) electrons. The topological polar surface area (TPSA) is 69.7 Å². The fourth-order valence-corrected chi connectivity index (χ4v) is 6.52. The van der Waals surface area contributed by atoms with Gasteiger partial charge in [0.25, 0.3) is 0 Å². The van der Waals surface area contributed by atoms with Gasteiger partial charge in [-0.1, -0.05) is 48.0 Å². The smallest absolute Gasteiger partial charge is 0.224 e. The summed E-state index contributed by atoms with van der Waals surface area (Å²) in [4.78, 5) is 15.3. The molecule has 2 aromatic carbocycles. The summed E-state index contributed by atoms with van der Waals surface area (Å²) in [5, 5.41) is 3.54. The number of rotatable bonds is 8. The lowest BCUT2D eigenvalue weighted by Crippen LogP contribution is -2.45. The molecule has 0 aromatic heterocycles. The fraction of sp³-hybridized carbons (Fsp3) is 0.480. The second-order valence-corrected chi connectivity index (χ2v) is 11.5. The minimum atomic E-state index is -3.51. The van der Waals surface area contributed by atoms with Gasteiger partial charge in [-0.3, -0.25) is 9.69 Å². The van der Waals surface area contributed by atoms with Gasteiger partial charge in [0, 0.05) is 31.2 Å². The van der Waals surface area contributed by atoms with Crippen LogP contribution in [0.5, 0.6) is 0 Å². The highest BCUT2D eigenvalue weighted by atomic mass is 35.5. The van der Waals surface area contributed by atoms with Gasteiger partial charge in [0.15, 0.2) is 0 Å². The largest absolute Gasteiger partial charge is 0.352 e. The van der Waals surface area contributed by atoms with Gasteiger partial charge in [0.2, 0.25) is 15.9 Å². The Kier molecular flexibility index (Phi) is 8.07. The first-order valence-electron chi connectivity index (χ1n) is 11.7. The van der Waals surface area contributed by atoms with Gasteiger partial charge in [-0.15, -0.1) is 0 Å². The first-order valence-corrected chi connectivity index (χ1v) is 13.7. The van der Waals surface area contributed by atoms with E-state index in [4.69, 9.17) is 11.6 Å². The average molecular weight is 490 g/mol. The first-order chi connectivity index (χ1) is 15.9. The van der Waals surface area contributed by atoms with E-state index in [0.29, 0.717) is 36.5 Å². The van der Waals surface area contributed by atoms with E-state index in [0.717, 1.165) is 25.2 Å². The molecule has 2 heterocycles. The summed E-state index contributed by atoms with van der Waals surface area (Å²) in [7, 11) is -3.51. The lowest BCUT2D eigenvalue weighted by molar-refractivity contribution is -0.126. The third-order valence-corrected chi connectivity index (χ3v) is 8.50. The molecule has 2 aliphatic heterocycles.